The highest BCUT2D eigenvalue weighted by atomic mass is 16.5. The molecule has 1 aliphatic heterocycles. The number of rotatable bonds is 5. The Kier molecular flexibility index (Phi) is 4.30. The lowest BCUT2D eigenvalue weighted by atomic mass is 10.1. The summed E-state index contributed by atoms with van der Waals surface area (Å²) in [6, 6.07) is 3.75. The fourth-order valence-electron chi connectivity index (χ4n) is 2.36. The fourth-order valence-corrected chi connectivity index (χ4v) is 2.36. The molecule has 1 amide bonds. The maximum atomic E-state index is 11.9. The van der Waals surface area contributed by atoms with Gasteiger partial charge in [-0.2, -0.15) is 4.98 Å². The molecule has 1 unspecified atom stereocenters. The normalized spacial score (nSPS) is 18.6. The van der Waals surface area contributed by atoms with Crippen LogP contribution < -0.4 is 10.6 Å². The van der Waals surface area contributed by atoms with Crippen molar-refractivity contribution in [3.05, 3.63) is 24.3 Å². The minimum absolute atomic E-state index is 0.0152. The van der Waals surface area contributed by atoms with Crippen LogP contribution in [0.25, 0.3) is 11.6 Å². The van der Waals surface area contributed by atoms with Crippen molar-refractivity contribution in [1.82, 2.24) is 20.8 Å². The van der Waals surface area contributed by atoms with Crippen LogP contribution in [0.2, 0.25) is 0 Å². The van der Waals surface area contributed by atoms with Crippen LogP contribution in [0.15, 0.2) is 27.3 Å². The van der Waals surface area contributed by atoms with E-state index in [0.717, 1.165) is 25.9 Å². The lowest BCUT2D eigenvalue weighted by molar-refractivity contribution is -0.121. The largest absolute Gasteiger partial charge is 0.461 e. The molecule has 0 aliphatic carbocycles. The summed E-state index contributed by atoms with van der Waals surface area (Å²) in [6.45, 7) is 1.87. The minimum Gasteiger partial charge on any atom is -0.461 e. The van der Waals surface area contributed by atoms with E-state index in [4.69, 9.17) is 8.94 Å². The second kappa shape index (κ2) is 6.53. The first kappa shape index (κ1) is 13.8. The van der Waals surface area contributed by atoms with Crippen molar-refractivity contribution >= 4 is 5.91 Å². The number of nitrogens with zero attached hydrogens (tertiary/aromatic N) is 2. The van der Waals surface area contributed by atoms with Gasteiger partial charge < -0.3 is 19.6 Å². The van der Waals surface area contributed by atoms with Crippen LogP contribution in [0.4, 0.5) is 0 Å². The predicted molar refractivity (Wildman–Crippen MR) is 74.4 cm³/mol. The molecular formula is C14H18N4O3. The van der Waals surface area contributed by atoms with Gasteiger partial charge >= 0.3 is 0 Å². The number of carbonyl (C=O) groups excluding carboxylic acids is 1. The Morgan fingerprint density at radius 1 is 1.52 bits per heavy atom. The SMILES string of the molecule is O=C(CCc1nc(-c2ccco2)no1)NC1CCCNC1. The lowest BCUT2D eigenvalue weighted by Crippen LogP contribution is -2.45. The minimum atomic E-state index is 0.0152. The van der Waals surface area contributed by atoms with Crippen LogP contribution in [0.1, 0.15) is 25.2 Å². The molecule has 3 heterocycles. The van der Waals surface area contributed by atoms with E-state index >= 15 is 0 Å². The zero-order valence-electron chi connectivity index (χ0n) is 11.7. The average Bonchev–Trinajstić information content (AvgIpc) is 3.17. The summed E-state index contributed by atoms with van der Waals surface area (Å²) in [6.07, 6.45) is 4.45. The van der Waals surface area contributed by atoms with Crippen LogP contribution in [0.3, 0.4) is 0 Å². The first-order valence-electron chi connectivity index (χ1n) is 7.18. The van der Waals surface area contributed by atoms with Crippen molar-refractivity contribution in [2.24, 2.45) is 0 Å². The number of piperidine rings is 1. The van der Waals surface area contributed by atoms with Gasteiger partial charge in [-0.3, -0.25) is 4.79 Å². The summed E-state index contributed by atoms with van der Waals surface area (Å²) in [5.74, 6) is 1.43. The van der Waals surface area contributed by atoms with Crippen LogP contribution >= 0.6 is 0 Å². The third kappa shape index (κ3) is 3.69. The van der Waals surface area contributed by atoms with Gasteiger partial charge in [-0.25, -0.2) is 0 Å². The van der Waals surface area contributed by atoms with Gasteiger partial charge in [0.15, 0.2) is 5.76 Å². The molecule has 7 heteroatoms. The first-order valence-corrected chi connectivity index (χ1v) is 7.18. The molecule has 1 aliphatic rings. The molecule has 0 aromatic carbocycles. The van der Waals surface area contributed by atoms with Crippen molar-refractivity contribution in [3.63, 3.8) is 0 Å². The van der Waals surface area contributed by atoms with Gasteiger partial charge in [-0.15, -0.1) is 0 Å². The third-order valence-electron chi connectivity index (χ3n) is 3.44. The third-order valence-corrected chi connectivity index (χ3v) is 3.44. The van der Waals surface area contributed by atoms with E-state index in [-0.39, 0.29) is 11.9 Å². The highest BCUT2D eigenvalue weighted by Crippen LogP contribution is 2.16. The number of aryl methyl sites for hydroxylation is 1. The quantitative estimate of drug-likeness (QED) is 0.857. The van der Waals surface area contributed by atoms with Crippen molar-refractivity contribution in [2.45, 2.75) is 31.7 Å². The van der Waals surface area contributed by atoms with Gasteiger partial charge in [0.2, 0.25) is 17.6 Å². The second-order valence-corrected chi connectivity index (χ2v) is 5.10. The zero-order chi connectivity index (χ0) is 14.5. The standard InChI is InChI=1S/C14H18N4O3/c19-12(16-10-3-1-7-15-9-10)5-6-13-17-14(18-21-13)11-4-2-8-20-11/h2,4,8,10,15H,1,3,5-7,9H2,(H,16,19). The Morgan fingerprint density at radius 2 is 2.48 bits per heavy atom. The van der Waals surface area contributed by atoms with E-state index in [1.165, 1.54) is 0 Å². The molecule has 0 radical (unpaired) electrons. The monoisotopic (exact) mass is 290 g/mol. The van der Waals surface area contributed by atoms with Crippen LogP contribution in [-0.2, 0) is 11.2 Å². The Balaban J connectivity index is 1.47. The topological polar surface area (TPSA) is 93.2 Å². The molecule has 1 atom stereocenters. The van der Waals surface area contributed by atoms with Gasteiger partial charge in [-0.1, -0.05) is 5.16 Å². The lowest BCUT2D eigenvalue weighted by Gasteiger charge is -2.23. The van der Waals surface area contributed by atoms with Crippen molar-refractivity contribution < 1.29 is 13.7 Å². The van der Waals surface area contributed by atoms with E-state index in [0.29, 0.717) is 30.3 Å². The number of amides is 1. The van der Waals surface area contributed by atoms with Gasteiger partial charge in [0.1, 0.15) is 0 Å². The molecular weight excluding hydrogens is 272 g/mol. The molecule has 7 nitrogen and oxygen atoms in total. The number of carbonyl (C=O) groups is 1. The number of furan rings is 1. The van der Waals surface area contributed by atoms with Gasteiger partial charge in [0.25, 0.3) is 0 Å². The van der Waals surface area contributed by atoms with Crippen LogP contribution in [0, 0.1) is 0 Å². The van der Waals surface area contributed by atoms with Crippen LogP contribution in [0.5, 0.6) is 0 Å². The van der Waals surface area contributed by atoms with E-state index in [9.17, 15) is 4.79 Å². The summed E-state index contributed by atoms with van der Waals surface area (Å²) in [5, 5.41) is 10.1. The Hall–Kier alpha value is -2.15. The summed E-state index contributed by atoms with van der Waals surface area (Å²) in [5.41, 5.74) is 0. The number of hydrogen-bond donors (Lipinski definition) is 2. The highest BCUT2D eigenvalue weighted by molar-refractivity contribution is 5.76. The molecule has 112 valence electrons. The molecule has 1 saturated heterocycles. The molecule has 2 aromatic rings. The Bertz CT molecular complexity index is 573. The van der Waals surface area contributed by atoms with Crippen molar-refractivity contribution in [1.29, 1.82) is 0 Å². The predicted octanol–water partition coefficient (Wildman–Crippen LogP) is 1.13. The summed E-state index contributed by atoms with van der Waals surface area (Å²) >= 11 is 0. The smallest absolute Gasteiger partial charge is 0.238 e. The molecule has 21 heavy (non-hydrogen) atoms. The van der Waals surface area contributed by atoms with E-state index in [1.54, 1.807) is 18.4 Å². The summed E-state index contributed by atoms with van der Waals surface area (Å²) in [7, 11) is 0. The summed E-state index contributed by atoms with van der Waals surface area (Å²) < 4.78 is 10.3. The first-order chi connectivity index (χ1) is 10.3. The Morgan fingerprint density at radius 3 is 3.24 bits per heavy atom. The maximum absolute atomic E-state index is 11.9. The second-order valence-electron chi connectivity index (χ2n) is 5.10. The number of aromatic nitrogens is 2. The average molecular weight is 290 g/mol. The molecule has 0 saturated carbocycles. The fraction of sp³-hybridized carbons (Fsp3) is 0.500. The molecule has 0 bridgehead atoms. The molecule has 2 aromatic heterocycles. The maximum Gasteiger partial charge on any atom is 0.238 e. The number of nitrogens with one attached hydrogen (secondary N) is 2. The van der Waals surface area contributed by atoms with Crippen LogP contribution in [-0.4, -0.2) is 35.2 Å². The van der Waals surface area contributed by atoms with E-state index in [2.05, 4.69) is 20.8 Å². The van der Waals surface area contributed by atoms with Gasteiger partial charge in [0, 0.05) is 25.4 Å². The van der Waals surface area contributed by atoms with E-state index in [1.807, 2.05) is 0 Å². The molecule has 3 rings (SSSR count). The molecule has 1 fully saturated rings. The van der Waals surface area contributed by atoms with Crippen molar-refractivity contribution in [2.75, 3.05) is 13.1 Å². The Labute approximate surface area is 122 Å². The van der Waals surface area contributed by atoms with E-state index < -0.39 is 0 Å². The van der Waals surface area contributed by atoms with Gasteiger partial charge in [0.05, 0.1) is 6.26 Å². The van der Waals surface area contributed by atoms with Gasteiger partial charge in [-0.05, 0) is 31.5 Å². The zero-order valence-corrected chi connectivity index (χ0v) is 11.7. The molecule has 2 N–H and O–H groups in total. The number of hydrogen-bond acceptors (Lipinski definition) is 6. The summed E-state index contributed by atoms with van der Waals surface area (Å²) in [4.78, 5) is 16.1. The van der Waals surface area contributed by atoms with Crippen molar-refractivity contribution in [3.8, 4) is 11.6 Å². The highest BCUT2D eigenvalue weighted by Gasteiger charge is 2.16. The molecule has 0 spiro atoms.